The highest BCUT2D eigenvalue weighted by Crippen LogP contribution is 2.48. The van der Waals surface area contributed by atoms with Gasteiger partial charge in [-0.1, -0.05) is 18.2 Å². The second kappa shape index (κ2) is 7.96. The van der Waals surface area contributed by atoms with Gasteiger partial charge in [0.25, 0.3) is 0 Å². The molecular formula is C23H29F3N2O3. The molecule has 0 aromatic heterocycles. The number of benzene rings is 1. The zero-order valence-electron chi connectivity index (χ0n) is 17.6. The number of halogens is 3. The lowest BCUT2D eigenvalue weighted by molar-refractivity contribution is -0.275. The molecule has 1 amide bonds. The van der Waals surface area contributed by atoms with Crippen LogP contribution in [0.1, 0.15) is 43.6 Å². The number of nitrogens with zero attached hydrogens (tertiary/aromatic N) is 2. The standard InChI is InChI=1S/C23H29F3N2O3/c24-23(25,26)31-20-4-2-1-3-19(20)16-6-9-27(10-7-16)18-5-8-22(11-18)14-28(15-22)21(29)17-12-30-13-17/h1-4,16-18H,5-15H2. The molecule has 3 heterocycles. The molecule has 0 bridgehead atoms. The molecule has 1 atom stereocenters. The monoisotopic (exact) mass is 438 g/mol. The van der Waals surface area contributed by atoms with Gasteiger partial charge in [0.2, 0.25) is 5.91 Å². The molecular weight excluding hydrogens is 409 g/mol. The van der Waals surface area contributed by atoms with E-state index in [1.165, 1.54) is 6.07 Å². The van der Waals surface area contributed by atoms with Gasteiger partial charge in [-0.3, -0.25) is 4.79 Å². The molecule has 1 aliphatic carbocycles. The molecule has 0 N–H and O–H groups in total. The minimum absolute atomic E-state index is 0.0654. The first-order valence-corrected chi connectivity index (χ1v) is 11.3. The van der Waals surface area contributed by atoms with Crippen LogP contribution in [0.4, 0.5) is 13.2 Å². The topological polar surface area (TPSA) is 42.0 Å². The fourth-order valence-electron chi connectivity index (χ4n) is 5.94. The van der Waals surface area contributed by atoms with Crippen LogP contribution in [-0.4, -0.2) is 67.5 Å². The van der Waals surface area contributed by atoms with E-state index in [9.17, 15) is 18.0 Å². The highest BCUT2D eigenvalue weighted by atomic mass is 19.4. The van der Waals surface area contributed by atoms with Crippen LogP contribution >= 0.6 is 0 Å². The third-order valence-electron chi connectivity index (χ3n) is 7.66. The van der Waals surface area contributed by atoms with E-state index in [1.807, 2.05) is 4.90 Å². The van der Waals surface area contributed by atoms with Crippen LogP contribution in [0.25, 0.3) is 0 Å². The minimum atomic E-state index is -4.67. The first kappa shape index (κ1) is 21.1. The molecule has 3 aliphatic heterocycles. The Hall–Kier alpha value is -1.80. The third-order valence-corrected chi connectivity index (χ3v) is 7.66. The molecule has 4 fully saturated rings. The van der Waals surface area contributed by atoms with Crippen LogP contribution in [0.5, 0.6) is 5.75 Å². The number of hydrogen-bond acceptors (Lipinski definition) is 4. The highest BCUT2D eigenvalue weighted by Gasteiger charge is 2.52. The van der Waals surface area contributed by atoms with Crippen molar-refractivity contribution in [3.8, 4) is 5.75 Å². The molecule has 1 unspecified atom stereocenters. The second-order valence-corrected chi connectivity index (χ2v) is 9.72. The summed E-state index contributed by atoms with van der Waals surface area (Å²) >= 11 is 0. The van der Waals surface area contributed by atoms with Gasteiger partial charge in [-0.2, -0.15) is 0 Å². The molecule has 170 valence electrons. The summed E-state index contributed by atoms with van der Waals surface area (Å²) in [6, 6.07) is 7.06. The van der Waals surface area contributed by atoms with Crippen LogP contribution in [0.3, 0.4) is 0 Å². The summed E-state index contributed by atoms with van der Waals surface area (Å²) in [5.74, 6) is 0.342. The molecule has 1 aromatic carbocycles. The summed E-state index contributed by atoms with van der Waals surface area (Å²) in [4.78, 5) is 16.9. The Morgan fingerprint density at radius 1 is 1.10 bits per heavy atom. The zero-order valence-corrected chi connectivity index (χ0v) is 17.6. The van der Waals surface area contributed by atoms with E-state index in [4.69, 9.17) is 4.74 Å². The normalized spacial score (nSPS) is 27.2. The summed E-state index contributed by atoms with van der Waals surface area (Å²) in [5.41, 5.74) is 0.935. The Labute approximate surface area is 180 Å². The lowest BCUT2D eigenvalue weighted by atomic mass is 9.77. The molecule has 8 heteroatoms. The summed E-state index contributed by atoms with van der Waals surface area (Å²) in [7, 11) is 0. The molecule has 0 radical (unpaired) electrons. The van der Waals surface area contributed by atoms with Crippen molar-refractivity contribution in [2.45, 2.75) is 50.4 Å². The van der Waals surface area contributed by atoms with Crippen molar-refractivity contribution in [1.29, 1.82) is 0 Å². The van der Waals surface area contributed by atoms with Crippen molar-refractivity contribution in [3.05, 3.63) is 29.8 Å². The summed E-state index contributed by atoms with van der Waals surface area (Å²) in [6.45, 7) is 4.67. The van der Waals surface area contributed by atoms with Gasteiger partial charge in [0.05, 0.1) is 19.1 Å². The van der Waals surface area contributed by atoms with Crippen molar-refractivity contribution in [2.75, 3.05) is 39.4 Å². The van der Waals surface area contributed by atoms with E-state index >= 15 is 0 Å². The minimum Gasteiger partial charge on any atom is -0.405 e. The smallest absolute Gasteiger partial charge is 0.405 e. The van der Waals surface area contributed by atoms with Crippen molar-refractivity contribution in [2.24, 2.45) is 11.3 Å². The molecule has 5 nitrogen and oxygen atoms in total. The number of carbonyl (C=O) groups is 1. The molecule has 5 rings (SSSR count). The highest BCUT2D eigenvalue weighted by molar-refractivity contribution is 5.80. The maximum absolute atomic E-state index is 12.8. The van der Waals surface area contributed by atoms with Crippen LogP contribution in [0.15, 0.2) is 24.3 Å². The number of rotatable bonds is 4. The van der Waals surface area contributed by atoms with E-state index < -0.39 is 6.36 Å². The molecule has 1 spiro atoms. The number of alkyl halides is 3. The van der Waals surface area contributed by atoms with Gasteiger partial charge in [-0.05, 0) is 62.7 Å². The third kappa shape index (κ3) is 4.29. The molecule has 1 aromatic rings. The van der Waals surface area contributed by atoms with E-state index in [1.54, 1.807) is 18.2 Å². The summed E-state index contributed by atoms with van der Waals surface area (Å²) in [5, 5.41) is 0. The SMILES string of the molecule is O=C(C1COC1)N1CC2(CCC(N3CCC(c4ccccc4OC(F)(F)F)CC3)C2)C1. The fourth-order valence-corrected chi connectivity index (χ4v) is 5.94. The first-order valence-electron chi connectivity index (χ1n) is 11.3. The molecule has 1 saturated carbocycles. The lowest BCUT2D eigenvalue weighted by Gasteiger charge is -2.50. The summed E-state index contributed by atoms with van der Waals surface area (Å²) in [6.07, 6.45) is 0.439. The Balaban J connectivity index is 1.13. The van der Waals surface area contributed by atoms with E-state index in [0.29, 0.717) is 24.8 Å². The predicted molar refractivity (Wildman–Crippen MR) is 108 cm³/mol. The van der Waals surface area contributed by atoms with Gasteiger partial charge < -0.3 is 19.3 Å². The number of ether oxygens (including phenoxy) is 2. The number of carbonyl (C=O) groups excluding carboxylic acids is 1. The Morgan fingerprint density at radius 3 is 2.45 bits per heavy atom. The number of piperidine rings is 1. The molecule has 4 aliphatic rings. The van der Waals surface area contributed by atoms with Gasteiger partial charge in [-0.15, -0.1) is 13.2 Å². The number of likely N-dealkylation sites (tertiary alicyclic amines) is 2. The molecule has 3 saturated heterocycles. The number of hydrogen-bond donors (Lipinski definition) is 0. The van der Waals surface area contributed by atoms with Crippen LogP contribution < -0.4 is 4.74 Å². The zero-order chi connectivity index (χ0) is 21.6. The van der Waals surface area contributed by atoms with Crippen molar-refractivity contribution in [1.82, 2.24) is 9.80 Å². The molecule has 31 heavy (non-hydrogen) atoms. The van der Waals surface area contributed by atoms with E-state index in [0.717, 1.165) is 58.3 Å². The van der Waals surface area contributed by atoms with Gasteiger partial charge in [0.1, 0.15) is 5.75 Å². The summed E-state index contributed by atoms with van der Waals surface area (Å²) < 4.78 is 47.7. The average molecular weight is 438 g/mol. The first-order chi connectivity index (χ1) is 14.8. The van der Waals surface area contributed by atoms with Crippen molar-refractivity contribution in [3.63, 3.8) is 0 Å². The maximum Gasteiger partial charge on any atom is 0.573 e. The van der Waals surface area contributed by atoms with Gasteiger partial charge >= 0.3 is 6.36 Å². The number of para-hydroxylation sites is 1. The average Bonchev–Trinajstić information content (AvgIpc) is 3.11. The Bertz CT molecular complexity index is 813. The van der Waals surface area contributed by atoms with E-state index in [2.05, 4.69) is 9.64 Å². The van der Waals surface area contributed by atoms with Crippen molar-refractivity contribution < 1.29 is 27.4 Å². The fraction of sp³-hybridized carbons (Fsp3) is 0.696. The predicted octanol–water partition coefficient (Wildman–Crippen LogP) is 3.79. The number of amides is 1. The van der Waals surface area contributed by atoms with E-state index in [-0.39, 0.29) is 28.9 Å². The van der Waals surface area contributed by atoms with Crippen LogP contribution in [0.2, 0.25) is 0 Å². The van der Waals surface area contributed by atoms with Gasteiger partial charge in [0.15, 0.2) is 0 Å². The maximum atomic E-state index is 12.8. The van der Waals surface area contributed by atoms with Gasteiger partial charge in [0, 0.05) is 24.5 Å². The largest absolute Gasteiger partial charge is 0.573 e. The lowest BCUT2D eigenvalue weighted by Crippen LogP contribution is -2.61. The van der Waals surface area contributed by atoms with Crippen LogP contribution in [0, 0.1) is 11.3 Å². The second-order valence-electron chi connectivity index (χ2n) is 9.72. The van der Waals surface area contributed by atoms with Gasteiger partial charge in [-0.25, -0.2) is 0 Å². The quantitative estimate of drug-likeness (QED) is 0.718. The van der Waals surface area contributed by atoms with Crippen molar-refractivity contribution >= 4 is 5.91 Å². The Morgan fingerprint density at radius 2 is 1.81 bits per heavy atom. The van der Waals surface area contributed by atoms with Crippen LogP contribution in [-0.2, 0) is 9.53 Å². The Kier molecular flexibility index (Phi) is 5.41.